The SMILES string of the molecule is Cc1ccc(NC(=O)C(C)CC(=O)O)c(C)c1. The first-order chi connectivity index (χ1) is 7.90. The Bertz CT molecular complexity index is 440. The van der Waals surface area contributed by atoms with Crippen LogP contribution in [0.15, 0.2) is 18.2 Å². The van der Waals surface area contributed by atoms with E-state index in [2.05, 4.69) is 5.32 Å². The number of amides is 1. The molecule has 0 fully saturated rings. The number of anilines is 1. The Morgan fingerprint density at radius 2 is 2.00 bits per heavy atom. The van der Waals surface area contributed by atoms with Gasteiger partial charge in [0.1, 0.15) is 0 Å². The highest BCUT2D eigenvalue weighted by molar-refractivity contribution is 5.94. The Morgan fingerprint density at radius 1 is 1.35 bits per heavy atom. The number of benzene rings is 1. The maximum Gasteiger partial charge on any atom is 0.304 e. The molecule has 1 amide bonds. The van der Waals surface area contributed by atoms with Crippen molar-refractivity contribution in [2.24, 2.45) is 5.92 Å². The molecular formula is C13H17NO3. The summed E-state index contributed by atoms with van der Waals surface area (Å²) in [5.74, 6) is -1.76. The molecule has 4 nitrogen and oxygen atoms in total. The van der Waals surface area contributed by atoms with Gasteiger partial charge >= 0.3 is 5.97 Å². The van der Waals surface area contributed by atoms with E-state index >= 15 is 0 Å². The number of aryl methyl sites for hydroxylation is 2. The quantitative estimate of drug-likeness (QED) is 0.841. The number of aliphatic carboxylic acids is 1. The number of carboxylic acid groups (broad SMARTS) is 1. The van der Waals surface area contributed by atoms with Crippen LogP contribution in [0, 0.1) is 19.8 Å². The van der Waals surface area contributed by atoms with Crippen molar-refractivity contribution < 1.29 is 14.7 Å². The van der Waals surface area contributed by atoms with Crippen LogP contribution < -0.4 is 5.32 Å². The predicted molar refractivity (Wildman–Crippen MR) is 66.0 cm³/mol. The van der Waals surface area contributed by atoms with Gasteiger partial charge in [-0.3, -0.25) is 9.59 Å². The van der Waals surface area contributed by atoms with Crippen molar-refractivity contribution >= 4 is 17.6 Å². The number of carbonyl (C=O) groups excluding carboxylic acids is 1. The third kappa shape index (κ3) is 3.90. The first-order valence-corrected chi connectivity index (χ1v) is 5.50. The largest absolute Gasteiger partial charge is 0.481 e. The fourth-order valence-electron chi connectivity index (χ4n) is 1.56. The molecule has 0 aliphatic heterocycles. The fourth-order valence-corrected chi connectivity index (χ4v) is 1.56. The zero-order valence-corrected chi connectivity index (χ0v) is 10.3. The third-order valence-corrected chi connectivity index (χ3v) is 2.57. The summed E-state index contributed by atoms with van der Waals surface area (Å²) in [5.41, 5.74) is 2.83. The second-order valence-electron chi connectivity index (χ2n) is 4.31. The summed E-state index contributed by atoms with van der Waals surface area (Å²) in [7, 11) is 0. The smallest absolute Gasteiger partial charge is 0.304 e. The molecule has 1 rings (SSSR count). The number of hydrogen-bond donors (Lipinski definition) is 2. The minimum atomic E-state index is -0.965. The molecule has 0 aromatic heterocycles. The van der Waals surface area contributed by atoms with Crippen molar-refractivity contribution in [1.82, 2.24) is 0 Å². The minimum Gasteiger partial charge on any atom is -0.481 e. The molecule has 0 spiro atoms. The summed E-state index contributed by atoms with van der Waals surface area (Å²) in [6.07, 6.45) is -0.156. The van der Waals surface area contributed by atoms with Crippen LogP contribution in [-0.4, -0.2) is 17.0 Å². The molecule has 0 saturated carbocycles. The van der Waals surface area contributed by atoms with E-state index in [-0.39, 0.29) is 12.3 Å². The maximum absolute atomic E-state index is 11.7. The standard InChI is InChI=1S/C13H17NO3/c1-8-4-5-11(9(2)6-8)14-13(17)10(3)7-12(15)16/h4-6,10H,7H2,1-3H3,(H,14,17)(H,15,16). The van der Waals surface area contributed by atoms with E-state index in [1.54, 1.807) is 6.92 Å². The van der Waals surface area contributed by atoms with Gasteiger partial charge in [-0.25, -0.2) is 0 Å². The summed E-state index contributed by atoms with van der Waals surface area (Å²) in [4.78, 5) is 22.2. The fraction of sp³-hybridized carbons (Fsp3) is 0.385. The second-order valence-corrected chi connectivity index (χ2v) is 4.31. The van der Waals surface area contributed by atoms with Gasteiger partial charge in [0.2, 0.25) is 5.91 Å². The zero-order valence-electron chi connectivity index (χ0n) is 10.3. The number of carbonyl (C=O) groups is 2. The van der Waals surface area contributed by atoms with Gasteiger partial charge < -0.3 is 10.4 Å². The molecule has 1 unspecified atom stereocenters. The molecule has 1 aromatic rings. The van der Waals surface area contributed by atoms with Crippen molar-refractivity contribution in [3.63, 3.8) is 0 Å². The molecule has 0 heterocycles. The molecule has 0 aliphatic carbocycles. The average Bonchev–Trinajstić information content (AvgIpc) is 2.21. The number of nitrogens with one attached hydrogen (secondary N) is 1. The van der Waals surface area contributed by atoms with Crippen LogP contribution in [0.5, 0.6) is 0 Å². The average molecular weight is 235 g/mol. The van der Waals surface area contributed by atoms with Gasteiger partial charge in [-0.15, -0.1) is 0 Å². The van der Waals surface area contributed by atoms with Gasteiger partial charge in [0.05, 0.1) is 6.42 Å². The third-order valence-electron chi connectivity index (χ3n) is 2.57. The highest BCUT2D eigenvalue weighted by Gasteiger charge is 2.16. The highest BCUT2D eigenvalue weighted by Crippen LogP contribution is 2.17. The first-order valence-electron chi connectivity index (χ1n) is 5.50. The summed E-state index contributed by atoms with van der Waals surface area (Å²) in [6, 6.07) is 5.71. The van der Waals surface area contributed by atoms with Crippen LogP contribution in [0.2, 0.25) is 0 Å². The van der Waals surface area contributed by atoms with Crippen LogP contribution in [0.25, 0.3) is 0 Å². The molecular weight excluding hydrogens is 218 g/mol. The minimum absolute atomic E-state index is 0.156. The molecule has 0 radical (unpaired) electrons. The van der Waals surface area contributed by atoms with Crippen molar-refractivity contribution in [2.45, 2.75) is 27.2 Å². The van der Waals surface area contributed by atoms with Gasteiger partial charge in [0.15, 0.2) is 0 Å². The van der Waals surface area contributed by atoms with Crippen LogP contribution in [0.4, 0.5) is 5.69 Å². The van der Waals surface area contributed by atoms with Crippen molar-refractivity contribution in [2.75, 3.05) is 5.32 Å². The Kier molecular flexibility index (Phi) is 4.26. The Balaban J connectivity index is 2.71. The van der Waals surface area contributed by atoms with E-state index in [0.717, 1.165) is 16.8 Å². The second kappa shape index (κ2) is 5.48. The highest BCUT2D eigenvalue weighted by atomic mass is 16.4. The summed E-state index contributed by atoms with van der Waals surface area (Å²) in [6.45, 7) is 5.49. The summed E-state index contributed by atoms with van der Waals surface area (Å²) >= 11 is 0. The van der Waals surface area contributed by atoms with E-state index in [0.29, 0.717) is 0 Å². The summed E-state index contributed by atoms with van der Waals surface area (Å²) < 4.78 is 0. The molecule has 0 aliphatic rings. The lowest BCUT2D eigenvalue weighted by Gasteiger charge is -2.12. The Hall–Kier alpha value is -1.84. The van der Waals surface area contributed by atoms with Crippen molar-refractivity contribution in [3.8, 4) is 0 Å². The van der Waals surface area contributed by atoms with Crippen LogP contribution in [0.1, 0.15) is 24.5 Å². The van der Waals surface area contributed by atoms with Crippen LogP contribution in [-0.2, 0) is 9.59 Å². The molecule has 0 saturated heterocycles. The monoisotopic (exact) mass is 235 g/mol. The van der Waals surface area contributed by atoms with E-state index < -0.39 is 11.9 Å². The maximum atomic E-state index is 11.7. The van der Waals surface area contributed by atoms with Crippen LogP contribution in [0.3, 0.4) is 0 Å². The molecule has 0 bridgehead atoms. The molecule has 92 valence electrons. The predicted octanol–water partition coefficient (Wildman–Crippen LogP) is 2.35. The van der Waals surface area contributed by atoms with Crippen LogP contribution >= 0.6 is 0 Å². The first kappa shape index (κ1) is 13.2. The molecule has 1 aromatic carbocycles. The Morgan fingerprint density at radius 3 is 2.53 bits per heavy atom. The molecule has 1 atom stereocenters. The van der Waals surface area contributed by atoms with Gasteiger partial charge in [-0.2, -0.15) is 0 Å². The van der Waals surface area contributed by atoms with Gasteiger partial charge in [-0.1, -0.05) is 24.6 Å². The topological polar surface area (TPSA) is 66.4 Å². The molecule has 17 heavy (non-hydrogen) atoms. The lowest BCUT2D eigenvalue weighted by Crippen LogP contribution is -2.23. The zero-order chi connectivity index (χ0) is 13.0. The van der Waals surface area contributed by atoms with Crippen molar-refractivity contribution in [1.29, 1.82) is 0 Å². The normalized spacial score (nSPS) is 11.9. The summed E-state index contributed by atoms with van der Waals surface area (Å²) in [5, 5.41) is 11.4. The van der Waals surface area contributed by atoms with Gasteiger partial charge in [0.25, 0.3) is 0 Å². The van der Waals surface area contributed by atoms with Gasteiger partial charge in [0, 0.05) is 11.6 Å². The van der Waals surface area contributed by atoms with E-state index in [9.17, 15) is 9.59 Å². The lowest BCUT2D eigenvalue weighted by atomic mass is 10.1. The van der Waals surface area contributed by atoms with E-state index in [1.165, 1.54) is 0 Å². The molecule has 2 N–H and O–H groups in total. The lowest BCUT2D eigenvalue weighted by molar-refractivity contribution is -0.139. The van der Waals surface area contributed by atoms with Crippen molar-refractivity contribution in [3.05, 3.63) is 29.3 Å². The number of carboxylic acids is 1. The van der Waals surface area contributed by atoms with E-state index in [1.807, 2.05) is 32.0 Å². The number of hydrogen-bond acceptors (Lipinski definition) is 2. The van der Waals surface area contributed by atoms with Gasteiger partial charge in [-0.05, 0) is 25.5 Å². The Labute approximate surface area is 101 Å². The van der Waals surface area contributed by atoms with E-state index in [4.69, 9.17) is 5.11 Å². The number of rotatable bonds is 4. The molecule has 4 heteroatoms.